The Labute approximate surface area is 195 Å². The van der Waals surface area contributed by atoms with Crippen molar-refractivity contribution >= 4 is 5.96 Å². The maximum atomic E-state index is 9.79. The fraction of sp³-hybridized carbons (Fsp3) is 0.308. The molecule has 0 amide bonds. The average molecular weight is 449 g/mol. The van der Waals surface area contributed by atoms with Gasteiger partial charge in [0.25, 0.3) is 0 Å². The van der Waals surface area contributed by atoms with Gasteiger partial charge in [-0.2, -0.15) is 0 Å². The van der Waals surface area contributed by atoms with Crippen LogP contribution < -0.4 is 20.1 Å². The van der Waals surface area contributed by atoms with Gasteiger partial charge < -0.3 is 25.2 Å². The number of hydrogen-bond donors (Lipinski definition) is 3. The summed E-state index contributed by atoms with van der Waals surface area (Å²) < 4.78 is 11.9. The second-order valence-corrected chi connectivity index (χ2v) is 7.46. The topological polar surface area (TPSA) is 88.0 Å². The Bertz CT molecular complexity index is 1010. The summed E-state index contributed by atoms with van der Waals surface area (Å²) in [6, 6.07) is 21.4. The molecule has 0 aliphatic carbocycles. The zero-order valence-electron chi connectivity index (χ0n) is 19.2. The molecule has 1 atom stereocenters. The number of pyridine rings is 1. The summed E-state index contributed by atoms with van der Waals surface area (Å²) >= 11 is 0. The summed E-state index contributed by atoms with van der Waals surface area (Å²) in [6.07, 6.45) is 2.62. The Balaban J connectivity index is 1.62. The van der Waals surface area contributed by atoms with E-state index in [4.69, 9.17) is 9.47 Å². The van der Waals surface area contributed by atoms with Crippen LogP contribution >= 0.6 is 0 Å². The first kappa shape index (κ1) is 24.1. The maximum Gasteiger partial charge on any atom is 0.224 e. The first-order valence-electron chi connectivity index (χ1n) is 11.2. The van der Waals surface area contributed by atoms with Crippen LogP contribution in [-0.4, -0.2) is 42.9 Å². The lowest BCUT2D eigenvalue weighted by molar-refractivity contribution is 0.265. The van der Waals surface area contributed by atoms with E-state index in [9.17, 15) is 5.11 Å². The first-order chi connectivity index (χ1) is 16.2. The highest BCUT2D eigenvalue weighted by molar-refractivity contribution is 5.79. The van der Waals surface area contributed by atoms with E-state index in [2.05, 4.69) is 27.5 Å². The lowest BCUT2D eigenvalue weighted by atomic mass is 10.0. The molecule has 3 aromatic rings. The lowest BCUT2D eigenvalue weighted by Crippen LogP contribution is -2.39. The van der Waals surface area contributed by atoms with Crippen LogP contribution in [0.3, 0.4) is 0 Å². The van der Waals surface area contributed by atoms with Crippen molar-refractivity contribution in [3.05, 3.63) is 84.1 Å². The van der Waals surface area contributed by atoms with Gasteiger partial charge in [-0.25, -0.2) is 4.98 Å². The highest BCUT2D eigenvalue weighted by Crippen LogP contribution is 2.31. The van der Waals surface area contributed by atoms with Crippen LogP contribution in [-0.2, 0) is 6.54 Å². The summed E-state index contributed by atoms with van der Waals surface area (Å²) in [5.41, 5.74) is 1.96. The Morgan fingerprint density at radius 2 is 1.76 bits per heavy atom. The second-order valence-electron chi connectivity index (χ2n) is 7.46. The van der Waals surface area contributed by atoms with Crippen molar-refractivity contribution in [2.75, 3.05) is 26.8 Å². The van der Waals surface area contributed by atoms with Gasteiger partial charge in [-0.3, -0.25) is 4.99 Å². The number of nitrogens with zero attached hydrogens (tertiary/aromatic N) is 2. The number of hydrogen-bond acceptors (Lipinski definition) is 5. The largest absolute Gasteiger partial charge is 0.490 e. The molecule has 3 rings (SSSR count). The third kappa shape index (κ3) is 7.22. The number of aliphatic hydroxyl groups excluding tert-OH is 1. The Morgan fingerprint density at radius 1 is 1.00 bits per heavy atom. The van der Waals surface area contributed by atoms with Gasteiger partial charge in [0.05, 0.1) is 13.2 Å². The molecule has 1 heterocycles. The number of guanidine groups is 1. The summed E-state index contributed by atoms with van der Waals surface area (Å²) in [5.74, 6) is 2.43. The van der Waals surface area contributed by atoms with E-state index in [1.165, 1.54) is 0 Å². The molecule has 0 saturated heterocycles. The molecule has 1 unspecified atom stereocenters. The Hall–Kier alpha value is -3.58. The normalized spacial score (nSPS) is 12.2. The molecule has 0 fully saturated rings. The zero-order valence-corrected chi connectivity index (χ0v) is 19.2. The molecule has 174 valence electrons. The molecule has 3 N–H and O–H groups in total. The van der Waals surface area contributed by atoms with Crippen molar-refractivity contribution in [2.45, 2.75) is 25.8 Å². The minimum Gasteiger partial charge on any atom is -0.490 e. The van der Waals surface area contributed by atoms with Crippen LogP contribution in [0.5, 0.6) is 17.4 Å². The van der Waals surface area contributed by atoms with E-state index in [0.29, 0.717) is 43.0 Å². The average Bonchev–Trinajstić information content (AvgIpc) is 2.87. The van der Waals surface area contributed by atoms with Gasteiger partial charge in [-0.05, 0) is 30.2 Å². The first-order valence-corrected chi connectivity index (χ1v) is 11.2. The van der Waals surface area contributed by atoms with Crippen molar-refractivity contribution < 1.29 is 14.6 Å². The molecule has 0 aliphatic rings. The molecule has 0 aliphatic heterocycles. The predicted molar refractivity (Wildman–Crippen MR) is 131 cm³/mol. The predicted octanol–water partition coefficient (Wildman–Crippen LogP) is 4.10. The van der Waals surface area contributed by atoms with Crippen LogP contribution in [0, 0.1) is 0 Å². The summed E-state index contributed by atoms with van der Waals surface area (Å²) in [6.45, 7) is 3.76. The number of rotatable bonds is 11. The minimum atomic E-state index is -0.0262. The van der Waals surface area contributed by atoms with E-state index in [1.54, 1.807) is 13.2 Å². The highest BCUT2D eigenvalue weighted by atomic mass is 16.5. The number of aliphatic imine (C=N–C) groups is 1. The van der Waals surface area contributed by atoms with Crippen molar-refractivity contribution in [2.24, 2.45) is 4.99 Å². The highest BCUT2D eigenvalue weighted by Gasteiger charge is 2.13. The monoisotopic (exact) mass is 448 g/mol. The Kier molecular flexibility index (Phi) is 9.54. The second kappa shape index (κ2) is 13.1. The molecule has 7 heteroatoms. The summed E-state index contributed by atoms with van der Waals surface area (Å²) in [5, 5.41) is 16.4. The third-order valence-corrected chi connectivity index (χ3v) is 5.04. The molecule has 0 saturated carbocycles. The van der Waals surface area contributed by atoms with E-state index < -0.39 is 0 Å². The van der Waals surface area contributed by atoms with Crippen LogP contribution in [0.25, 0.3) is 0 Å². The molecule has 0 spiro atoms. The van der Waals surface area contributed by atoms with Crippen molar-refractivity contribution in [1.29, 1.82) is 0 Å². The minimum absolute atomic E-state index is 0.0262. The fourth-order valence-electron chi connectivity index (χ4n) is 3.25. The maximum absolute atomic E-state index is 9.79. The molecular formula is C26H32N4O3. The molecule has 7 nitrogen and oxygen atoms in total. The van der Waals surface area contributed by atoms with E-state index in [-0.39, 0.29) is 12.5 Å². The van der Waals surface area contributed by atoms with Gasteiger partial charge in [0.15, 0.2) is 17.5 Å². The van der Waals surface area contributed by atoms with Gasteiger partial charge >= 0.3 is 0 Å². The molecule has 1 aromatic heterocycles. The van der Waals surface area contributed by atoms with E-state index in [1.807, 2.05) is 66.7 Å². The quantitative estimate of drug-likeness (QED) is 0.302. The molecular weight excluding hydrogens is 416 g/mol. The van der Waals surface area contributed by atoms with E-state index >= 15 is 0 Å². The van der Waals surface area contributed by atoms with Gasteiger partial charge in [-0.1, -0.05) is 55.5 Å². The van der Waals surface area contributed by atoms with Crippen molar-refractivity contribution in [1.82, 2.24) is 15.6 Å². The molecule has 33 heavy (non-hydrogen) atoms. The number of ether oxygens (including phenoxy) is 2. The number of nitrogens with one attached hydrogen (secondary N) is 2. The molecule has 0 bridgehead atoms. The number of aromatic nitrogens is 1. The SMILES string of the molecule is CCCOc1ccccc1Oc1ncccc1CNC(=NC)NCC(CO)c1ccccc1. The van der Waals surface area contributed by atoms with Gasteiger partial charge in [0.2, 0.25) is 5.88 Å². The van der Waals surface area contributed by atoms with Gasteiger partial charge in [0.1, 0.15) is 0 Å². The molecule has 2 aromatic carbocycles. The van der Waals surface area contributed by atoms with Crippen LogP contribution in [0.2, 0.25) is 0 Å². The van der Waals surface area contributed by atoms with Gasteiger partial charge in [-0.15, -0.1) is 0 Å². The number of para-hydroxylation sites is 2. The van der Waals surface area contributed by atoms with E-state index in [0.717, 1.165) is 17.5 Å². The van der Waals surface area contributed by atoms with Crippen LogP contribution in [0.1, 0.15) is 30.4 Å². The van der Waals surface area contributed by atoms with Crippen molar-refractivity contribution in [3.63, 3.8) is 0 Å². The van der Waals surface area contributed by atoms with Crippen molar-refractivity contribution in [3.8, 4) is 17.4 Å². The zero-order chi connectivity index (χ0) is 23.3. The Morgan fingerprint density at radius 3 is 2.48 bits per heavy atom. The summed E-state index contributed by atoms with van der Waals surface area (Å²) in [7, 11) is 1.72. The summed E-state index contributed by atoms with van der Waals surface area (Å²) in [4.78, 5) is 8.71. The smallest absolute Gasteiger partial charge is 0.224 e. The number of aliphatic hydroxyl groups is 1. The van der Waals surface area contributed by atoms with Gasteiger partial charge in [0, 0.05) is 37.8 Å². The standard InChI is InChI=1S/C26H32N4O3/c1-3-16-32-23-13-7-8-14-24(23)33-25-21(12-9-15-28-25)17-29-26(27-2)30-18-22(19-31)20-10-5-4-6-11-20/h4-15,22,31H,3,16-19H2,1-2H3,(H2,27,29,30). The molecule has 0 radical (unpaired) electrons. The van der Waals surface area contributed by atoms with Crippen LogP contribution in [0.15, 0.2) is 77.9 Å². The van der Waals surface area contributed by atoms with Crippen LogP contribution in [0.4, 0.5) is 0 Å². The number of benzene rings is 2. The lowest BCUT2D eigenvalue weighted by Gasteiger charge is -2.18. The fourth-order valence-corrected chi connectivity index (χ4v) is 3.25. The third-order valence-electron chi connectivity index (χ3n) is 5.04.